The van der Waals surface area contributed by atoms with Gasteiger partial charge in [-0.3, -0.25) is 4.79 Å². The van der Waals surface area contributed by atoms with E-state index in [-0.39, 0.29) is 5.91 Å². The number of benzene rings is 2. The summed E-state index contributed by atoms with van der Waals surface area (Å²) in [5.41, 5.74) is 4.04. The van der Waals surface area contributed by atoms with Gasteiger partial charge in [-0.2, -0.15) is 0 Å². The van der Waals surface area contributed by atoms with Crippen LogP contribution in [0.1, 0.15) is 21.5 Å². The van der Waals surface area contributed by atoms with Crippen molar-refractivity contribution in [3.05, 3.63) is 65.2 Å². The molecule has 104 valence electrons. The van der Waals surface area contributed by atoms with Gasteiger partial charge >= 0.3 is 0 Å². The van der Waals surface area contributed by atoms with Crippen LogP contribution in [0.4, 0.5) is 5.69 Å². The first-order chi connectivity index (χ1) is 9.56. The van der Waals surface area contributed by atoms with E-state index in [1.165, 1.54) is 0 Å². The van der Waals surface area contributed by atoms with Crippen molar-refractivity contribution in [2.45, 2.75) is 13.5 Å². The third-order valence-electron chi connectivity index (χ3n) is 3.19. The van der Waals surface area contributed by atoms with Crippen LogP contribution in [-0.4, -0.2) is 20.0 Å². The molecule has 0 bridgehead atoms. The van der Waals surface area contributed by atoms with Crippen molar-refractivity contribution in [1.29, 1.82) is 0 Å². The molecule has 1 N–H and O–H groups in total. The van der Waals surface area contributed by atoms with Crippen LogP contribution in [0.15, 0.2) is 48.5 Å². The molecule has 2 aromatic rings. The average Bonchev–Trinajstić information content (AvgIpc) is 2.45. The Morgan fingerprint density at radius 1 is 1.10 bits per heavy atom. The van der Waals surface area contributed by atoms with Crippen LogP contribution in [0.2, 0.25) is 0 Å². The van der Waals surface area contributed by atoms with Crippen LogP contribution in [-0.2, 0) is 6.54 Å². The molecule has 0 heterocycles. The Morgan fingerprint density at radius 3 is 2.40 bits per heavy atom. The molecule has 0 saturated heterocycles. The van der Waals surface area contributed by atoms with Gasteiger partial charge in [-0.05, 0) is 36.8 Å². The standard InChI is InChI=1S/C17H20N2O/c1-13-5-4-6-15(11-13)17(20)18-12-14-7-9-16(10-8-14)19(2)3/h4-11H,12H2,1-3H3,(H,18,20). The second-order valence-electron chi connectivity index (χ2n) is 5.11. The number of hydrogen-bond acceptors (Lipinski definition) is 2. The number of carbonyl (C=O) groups excluding carboxylic acids is 1. The molecule has 2 aromatic carbocycles. The highest BCUT2D eigenvalue weighted by Crippen LogP contribution is 2.12. The number of rotatable bonds is 4. The Labute approximate surface area is 120 Å². The van der Waals surface area contributed by atoms with Gasteiger partial charge in [0.2, 0.25) is 0 Å². The maximum Gasteiger partial charge on any atom is 0.251 e. The average molecular weight is 268 g/mol. The lowest BCUT2D eigenvalue weighted by molar-refractivity contribution is 0.0951. The minimum absolute atomic E-state index is 0.0367. The predicted molar refractivity (Wildman–Crippen MR) is 83.1 cm³/mol. The van der Waals surface area contributed by atoms with Crippen LogP contribution < -0.4 is 10.2 Å². The van der Waals surface area contributed by atoms with Crippen molar-refractivity contribution >= 4 is 11.6 Å². The predicted octanol–water partition coefficient (Wildman–Crippen LogP) is 2.99. The number of amides is 1. The van der Waals surface area contributed by atoms with E-state index in [1.54, 1.807) is 0 Å². The Kier molecular flexibility index (Phi) is 4.41. The summed E-state index contributed by atoms with van der Waals surface area (Å²) in [6, 6.07) is 15.8. The Hall–Kier alpha value is -2.29. The van der Waals surface area contributed by atoms with Gasteiger partial charge in [0.25, 0.3) is 5.91 Å². The molecule has 0 unspecified atom stereocenters. The van der Waals surface area contributed by atoms with Crippen molar-refractivity contribution in [3.63, 3.8) is 0 Å². The molecule has 0 fully saturated rings. The van der Waals surface area contributed by atoms with Crippen molar-refractivity contribution < 1.29 is 4.79 Å². The molecule has 0 radical (unpaired) electrons. The summed E-state index contributed by atoms with van der Waals surface area (Å²) in [5.74, 6) is -0.0367. The summed E-state index contributed by atoms with van der Waals surface area (Å²) in [6.07, 6.45) is 0. The second-order valence-corrected chi connectivity index (χ2v) is 5.11. The third kappa shape index (κ3) is 3.60. The fourth-order valence-electron chi connectivity index (χ4n) is 1.98. The van der Waals surface area contributed by atoms with E-state index >= 15 is 0 Å². The number of carbonyl (C=O) groups is 1. The van der Waals surface area contributed by atoms with E-state index < -0.39 is 0 Å². The van der Waals surface area contributed by atoms with Crippen LogP contribution in [0.3, 0.4) is 0 Å². The van der Waals surface area contributed by atoms with Crippen LogP contribution in [0.25, 0.3) is 0 Å². The summed E-state index contributed by atoms with van der Waals surface area (Å²) in [7, 11) is 4.02. The summed E-state index contributed by atoms with van der Waals surface area (Å²) < 4.78 is 0. The molecular weight excluding hydrogens is 248 g/mol. The fraction of sp³-hybridized carbons (Fsp3) is 0.235. The lowest BCUT2D eigenvalue weighted by Gasteiger charge is -2.13. The van der Waals surface area contributed by atoms with E-state index in [4.69, 9.17) is 0 Å². The first-order valence-corrected chi connectivity index (χ1v) is 6.67. The van der Waals surface area contributed by atoms with Gasteiger partial charge in [0.1, 0.15) is 0 Å². The van der Waals surface area contributed by atoms with Gasteiger partial charge < -0.3 is 10.2 Å². The highest BCUT2D eigenvalue weighted by atomic mass is 16.1. The second kappa shape index (κ2) is 6.24. The maximum absolute atomic E-state index is 12.0. The summed E-state index contributed by atoms with van der Waals surface area (Å²) in [4.78, 5) is 14.1. The van der Waals surface area contributed by atoms with Gasteiger partial charge in [0, 0.05) is 31.9 Å². The lowest BCUT2D eigenvalue weighted by Crippen LogP contribution is -2.22. The van der Waals surface area contributed by atoms with E-state index in [2.05, 4.69) is 10.2 Å². The Bertz CT molecular complexity index is 588. The zero-order chi connectivity index (χ0) is 14.5. The quantitative estimate of drug-likeness (QED) is 0.924. The zero-order valence-electron chi connectivity index (χ0n) is 12.2. The zero-order valence-corrected chi connectivity index (χ0v) is 12.2. The number of aryl methyl sites for hydroxylation is 1. The number of nitrogens with zero attached hydrogens (tertiary/aromatic N) is 1. The molecule has 0 aromatic heterocycles. The molecular formula is C17H20N2O. The highest BCUT2D eigenvalue weighted by molar-refractivity contribution is 5.94. The largest absolute Gasteiger partial charge is 0.378 e. The van der Waals surface area contributed by atoms with Crippen molar-refractivity contribution in [1.82, 2.24) is 5.32 Å². The minimum Gasteiger partial charge on any atom is -0.378 e. The summed E-state index contributed by atoms with van der Waals surface area (Å²) in [5, 5.41) is 2.94. The van der Waals surface area contributed by atoms with E-state index in [9.17, 15) is 4.79 Å². The normalized spacial score (nSPS) is 10.2. The van der Waals surface area contributed by atoms with Gasteiger partial charge in [-0.25, -0.2) is 0 Å². The molecule has 0 saturated carbocycles. The lowest BCUT2D eigenvalue weighted by atomic mass is 10.1. The Morgan fingerprint density at radius 2 is 1.80 bits per heavy atom. The smallest absolute Gasteiger partial charge is 0.251 e. The fourth-order valence-corrected chi connectivity index (χ4v) is 1.98. The molecule has 2 rings (SSSR count). The van der Waals surface area contributed by atoms with E-state index in [0.717, 1.165) is 16.8 Å². The molecule has 3 heteroatoms. The molecule has 20 heavy (non-hydrogen) atoms. The molecule has 0 aliphatic heterocycles. The van der Waals surface area contributed by atoms with Crippen molar-refractivity contribution in [2.75, 3.05) is 19.0 Å². The number of anilines is 1. The van der Waals surface area contributed by atoms with Crippen molar-refractivity contribution in [2.24, 2.45) is 0 Å². The van der Waals surface area contributed by atoms with Gasteiger partial charge in [0.05, 0.1) is 0 Å². The Balaban J connectivity index is 1.96. The maximum atomic E-state index is 12.0. The highest BCUT2D eigenvalue weighted by Gasteiger charge is 2.05. The van der Waals surface area contributed by atoms with Crippen molar-refractivity contribution in [3.8, 4) is 0 Å². The molecule has 0 spiro atoms. The number of hydrogen-bond donors (Lipinski definition) is 1. The topological polar surface area (TPSA) is 32.3 Å². The number of nitrogens with one attached hydrogen (secondary N) is 1. The molecule has 1 amide bonds. The molecule has 0 atom stereocenters. The van der Waals surface area contributed by atoms with Gasteiger partial charge in [0.15, 0.2) is 0 Å². The summed E-state index contributed by atoms with van der Waals surface area (Å²) >= 11 is 0. The SMILES string of the molecule is Cc1cccc(C(=O)NCc2ccc(N(C)C)cc2)c1. The third-order valence-corrected chi connectivity index (χ3v) is 3.19. The van der Waals surface area contributed by atoms with Crippen LogP contribution in [0.5, 0.6) is 0 Å². The minimum atomic E-state index is -0.0367. The van der Waals surface area contributed by atoms with Gasteiger partial charge in [-0.1, -0.05) is 29.8 Å². The molecule has 0 aliphatic rings. The van der Waals surface area contributed by atoms with Gasteiger partial charge in [-0.15, -0.1) is 0 Å². The van der Waals surface area contributed by atoms with E-state index in [1.807, 2.05) is 69.6 Å². The molecule has 3 nitrogen and oxygen atoms in total. The first-order valence-electron chi connectivity index (χ1n) is 6.67. The first kappa shape index (κ1) is 14.1. The van der Waals surface area contributed by atoms with Crippen LogP contribution in [0, 0.1) is 6.92 Å². The summed E-state index contributed by atoms with van der Waals surface area (Å²) in [6.45, 7) is 2.53. The monoisotopic (exact) mass is 268 g/mol. The van der Waals surface area contributed by atoms with Crippen LogP contribution >= 0.6 is 0 Å². The molecule has 0 aliphatic carbocycles. The van der Waals surface area contributed by atoms with E-state index in [0.29, 0.717) is 12.1 Å².